The van der Waals surface area contributed by atoms with Gasteiger partial charge in [0.05, 0.1) is 18.2 Å². The summed E-state index contributed by atoms with van der Waals surface area (Å²) in [7, 11) is 0. The molecular formula is C23H21F3N6O2. The Kier molecular flexibility index (Phi) is 5.78. The maximum Gasteiger partial charge on any atom is 0.314 e. The Hall–Kier alpha value is -3.73. The van der Waals surface area contributed by atoms with Crippen molar-refractivity contribution in [2.24, 2.45) is 5.92 Å². The fraction of sp³-hybridized carbons (Fsp3) is 0.304. The zero-order chi connectivity index (χ0) is 23.8. The van der Waals surface area contributed by atoms with Crippen LogP contribution in [-0.2, 0) is 11.3 Å². The van der Waals surface area contributed by atoms with Crippen LogP contribution in [-0.4, -0.2) is 50.0 Å². The SMILES string of the molecule is CCN1CC(C(=O)N(Cc2cn3ccc(-c4nnc(C(F)F)o4)cc3n2)c2cccc(F)c2)C1. The monoisotopic (exact) mass is 470 g/mol. The van der Waals surface area contributed by atoms with Gasteiger partial charge in [0.25, 0.3) is 5.89 Å². The zero-order valence-corrected chi connectivity index (χ0v) is 18.2. The summed E-state index contributed by atoms with van der Waals surface area (Å²) in [6.07, 6.45) is 0.595. The molecule has 4 aromatic rings. The van der Waals surface area contributed by atoms with Crippen molar-refractivity contribution >= 4 is 17.2 Å². The van der Waals surface area contributed by atoms with Crippen molar-refractivity contribution in [2.75, 3.05) is 24.5 Å². The molecule has 1 saturated heterocycles. The number of rotatable bonds is 7. The largest absolute Gasteiger partial charge is 0.415 e. The number of hydrogen-bond acceptors (Lipinski definition) is 6. The van der Waals surface area contributed by atoms with E-state index in [9.17, 15) is 18.0 Å². The average molecular weight is 470 g/mol. The number of carbonyl (C=O) groups excluding carboxylic acids is 1. The number of likely N-dealkylation sites (tertiary alicyclic amines) is 1. The quantitative estimate of drug-likeness (QED) is 0.407. The fourth-order valence-corrected chi connectivity index (χ4v) is 3.99. The Morgan fingerprint density at radius 3 is 2.76 bits per heavy atom. The van der Waals surface area contributed by atoms with Crippen LogP contribution in [0.2, 0.25) is 0 Å². The van der Waals surface area contributed by atoms with E-state index < -0.39 is 18.1 Å². The second kappa shape index (κ2) is 8.90. The molecule has 3 aromatic heterocycles. The van der Waals surface area contributed by atoms with Crippen LogP contribution in [0.15, 0.2) is 53.2 Å². The Balaban J connectivity index is 1.42. The number of nitrogens with zero attached hydrogens (tertiary/aromatic N) is 6. The van der Waals surface area contributed by atoms with Crippen LogP contribution in [0.5, 0.6) is 0 Å². The molecule has 5 rings (SSSR count). The first-order chi connectivity index (χ1) is 16.4. The average Bonchev–Trinajstić information content (AvgIpc) is 3.43. The van der Waals surface area contributed by atoms with E-state index in [0.717, 1.165) is 6.54 Å². The number of halogens is 3. The van der Waals surface area contributed by atoms with E-state index >= 15 is 0 Å². The first kappa shape index (κ1) is 22.1. The van der Waals surface area contributed by atoms with Gasteiger partial charge in [0.2, 0.25) is 11.8 Å². The van der Waals surface area contributed by atoms with Gasteiger partial charge in [-0.3, -0.25) is 4.79 Å². The molecule has 1 amide bonds. The number of anilines is 1. The molecule has 1 aromatic carbocycles. The molecule has 0 unspecified atom stereocenters. The van der Waals surface area contributed by atoms with Crippen molar-refractivity contribution in [1.29, 1.82) is 0 Å². The molecule has 0 saturated carbocycles. The van der Waals surface area contributed by atoms with Gasteiger partial charge < -0.3 is 18.6 Å². The number of benzene rings is 1. The predicted octanol–water partition coefficient (Wildman–Crippen LogP) is 3.95. The van der Waals surface area contributed by atoms with E-state index in [1.165, 1.54) is 12.1 Å². The maximum atomic E-state index is 13.9. The van der Waals surface area contributed by atoms with Gasteiger partial charge in [-0.25, -0.2) is 9.37 Å². The number of carbonyl (C=O) groups is 1. The second-order valence-corrected chi connectivity index (χ2v) is 8.11. The third-order valence-corrected chi connectivity index (χ3v) is 5.84. The molecule has 1 aliphatic heterocycles. The minimum absolute atomic E-state index is 0.0376. The lowest BCUT2D eigenvalue weighted by molar-refractivity contribution is -0.127. The number of imidazole rings is 1. The Labute approximate surface area is 192 Å². The van der Waals surface area contributed by atoms with Crippen LogP contribution in [0.25, 0.3) is 17.1 Å². The molecule has 1 aliphatic rings. The fourth-order valence-electron chi connectivity index (χ4n) is 3.99. The molecule has 1 fully saturated rings. The Morgan fingerprint density at radius 1 is 1.24 bits per heavy atom. The van der Waals surface area contributed by atoms with E-state index in [0.29, 0.717) is 35.7 Å². The number of amides is 1. The number of aromatic nitrogens is 4. The van der Waals surface area contributed by atoms with Gasteiger partial charge in [-0.2, -0.15) is 8.78 Å². The molecule has 0 bridgehead atoms. The van der Waals surface area contributed by atoms with Gasteiger partial charge >= 0.3 is 6.43 Å². The highest BCUT2D eigenvalue weighted by Gasteiger charge is 2.35. The molecule has 0 spiro atoms. The van der Waals surface area contributed by atoms with Crippen LogP contribution < -0.4 is 4.90 Å². The third-order valence-electron chi connectivity index (χ3n) is 5.84. The maximum absolute atomic E-state index is 13.9. The van der Waals surface area contributed by atoms with Gasteiger partial charge in [-0.1, -0.05) is 13.0 Å². The topological polar surface area (TPSA) is 79.8 Å². The summed E-state index contributed by atoms with van der Waals surface area (Å²) < 4.78 is 46.2. The van der Waals surface area contributed by atoms with Crippen molar-refractivity contribution in [3.05, 3.63) is 66.2 Å². The zero-order valence-electron chi connectivity index (χ0n) is 18.2. The van der Waals surface area contributed by atoms with Crippen molar-refractivity contribution < 1.29 is 22.4 Å². The summed E-state index contributed by atoms with van der Waals surface area (Å²) >= 11 is 0. The lowest BCUT2D eigenvalue weighted by atomic mass is 9.98. The molecule has 0 radical (unpaired) electrons. The summed E-state index contributed by atoms with van der Waals surface area (Å²) in [5.41, 5.74) is 2.00. The number of fused-ring (bicyclic) bond motifs is 1. The van der Waals surface area contributed by atoms with E-state index in [4.69, 9.17) is 4.42 Å². The third kappa shape index (κ3) is 4.26. The molecule has 11 heteroatoms. The molecule has 0 atom stereocenters. The minimum Gasteiger partial charge on any atom is -0.415 e. The summed E-state index contributed by atoms with van der Waals surface area (Å²) in [5.74, 6) is -1.46. The standard InChI is InChI=1S/C23H21F3N6O2/c1-2-30-10-15(11-30)23(33)32(18-5-3-4-16(24)9-18)13-17-12-31-7-6-14(8-19(31)27-17)21-28-29-22(34-21)20(25)26/h3-9,12,15,20H,2,10-11,13H2,1H3. The van der Waals surface area contributed by atoms with Crippen LogP contribution >= 0.6 is 0 Å². The van der Waals surface area contributed by atoms with Crippen LogP contribution in [0.1, 0.15) is 24.9 Å². The highest BCUT2D eigenvalue weighted by Crippen LogP contribution is 2.27. The van der Waals surface area contributed by atoms with E-state index in [-0.39, 0.29) is 24.3 Å². The van der Waals surface area contributed by atoms with Crippen molar-refractivity contribution in [3.8, 4) is 11.5 Å². The van der Waals surface area contributed by atoms with Crippen molar-refractivity contribution in [2.45, 2.75) is 19.9 Å². The smallest absolute Gasteiger partial charge is 0.314 e. The lowest BCUT2D eigenvalue weighted by Gasteiger charge is -2.40. The normalized spacial score (nSPS) is 14.6. The molecule has 8 nitrogen and oxygen atoms in total. The van der Waals surface area contributed by atoms with Crippen molar-refractivity contribution in [1.82, 2.24) is 24.5 Å². The van der Waals surface area contributed by atoms with Crippen LogP contribution in [0.3, 0.4) is 0 Å². The predicted molar refractivity (Wildman–Crippen MR) is 117 cm³/mol. The van der Waals surface area contributed by atoms with E-state index in [2.05, 4.69) is 20.1 Å². The molecular weight excluding hydrogens is 449 g/mol. The minimum atomic E-state index is -2.85. The first-order valence-electron chi connectivity index (χ1n) is 10.8. The number of hydrogen-bond donors (Lipinski definition) is 0. The van der Waals surface area contributed by atoms with Crippen LogP contribution in [0.4, 0.5) is 18.9 Å². The molecule has 0 N–H and O–H groups in total. The van der Waals surface area contributed by atoms with Gasteiger partial charge in [0.1, 0.15) is 11.5 Å². The van der Waals surface area contributed by atoms with Crippen LogP contribution in [0, 0.1) is 11.7 Å². The van der Waals surface area contributed by atoms with E-state index in [1.807, 2.05) is 6.92 Å². The summed E-state index contributed by atoms with van der Waals surface area (Å²) in [5, 5.41) is 7.01. The Morgan fingerprint density at radius 2 is 2.06 bits per heavy atom. The van der Waals surface area contributed by atoms with Crippen molar-refractivity contribution in [3.63, 3.8) is 0 Å². The van der Waals surface area contributed by atoms with Gasteiger partial charge in [0, 0.05) is 36.7 Å². The summed E-state index contributed by atoms with van der Waals surface area (Å²) in [4.78, 5) is 21.6. The summed E-state index contributed by atoms with van der Waals surface area (Å²) in [6.45, 7) is 4.40. The first-order valence-corrected chi connectivity index (χ1v) is 10.8. The van der Waals surface area contributed by atoms with Gasteiger partial charge in [0.15, 0.2) is 0 Å². The number of pyridine rings is 1. The van der Waals surface area contributed by atoms with Gasteiger partial charge in [-0.15, -0.1) is 10.2 Å². The highest BCUT2D eigenvalue weighted by atomic mass is 19.3. The van der Waals surface area contributed by atoms with E-state index in [1.54, 1.807) is 46.0 Å². The van der Waals surface area contributed by atoms with Gasteiger partial charge in [-0.05, 0) is 36.9 Å². The molecule has 176 valence electrons. The lowest BCUT2D eigenvalue weighted by Crippen LogP contribution is -2.54. The Bertz CT molecular complexity index is 1330. The molecule has 4 heterocycles. The number of alkyl halides is 2. The second-order valence-electron chi connectivity index (χ2n) is 8.11. The highest BCUT2D eigenvalue weighted by molar-refractivity contribution is 5.95. The molecule has 0 aliphatic carbocycles. The molecule has 34 heavy (non-hydrogen) atoms. The summed E-state index contributed by atoms with van der Waals surface area (Å²) in [6, 6.07) is 9.20.